The minimum Gasteiger partial charge on any atom is -0.299 e. The molecular formula is C23H30N2. The molecule has 132 valence electrons. The molecule has 0 radical (unpaired) electrons. The zero-order chi connectivity index (χ0) is 18.1. The van der Waals surface area contributed by atoms with E-state index in [1.54, 1.807) is 0 Å². The molecule has 0 spiro atoms. The monoisotopic (exact) mass is 334 g/mol. The highest BCUT2D eigenvalue weighted by molar-refractivity contribution is 5.63. The van der Waals surface area contributed by atoms with Gasteiger partial charge < -0.3 is 0 Å². The Bertz CT molecular complexity index is 659. The summed E-state index contributed by atoms with van der Waals surface area (Å²) in [5, 5.41) is 8.94. The van der Waals surface area contributed by atoms with E-state index in [1.165, 1.54) is 16.7 Å². The Kier molecular flexibility index (Phi) is 7.22. The summed E-state index contributed by atoms with van der Waals surface area (Å²) in [5.74, 6) is 0. The van der Waals surface area contributed by atoms with Crippen LogP contribution in [0.3, 0.4) is 0 Å². The van der Waals surface area contributed by atoms with Crippen LogP contribution >= 0.6 is 0 Å². The van der Waals surface area contributed by atoms with Gasteiger partial charge in [-0.15, -0.1) is 0 Å². The van der Waals surface area contributed by atoms with Gasteiger partial charge >= 0.3 is 0 Å². The molecule has 2 nitrogen and oxygen atoms in total. The zero-order valence-corrected chi connectivity index (χ0v) is 15.8. The third-order valence-electron chi connectivity index (χ3n) is 5.04. The second kappa shape index (κ2) is 9.39. The average molecular weight is 335 g/mol. The second-order valence-corrected chi connectivity index (χ2v) is 6.98. The fraction of sp³-hybridized carbons (Fsp3) is 0.435. The Hall–Kier alpha value is -2.11. The van der Waals surface area contributed by atoms with Crippen molar-refractivity contribution in [3.63, 3.8) is 0 Å². The van der Waals surface area contributed by atoms with Crippen LogP contribution in [0.15, 0.2) is 54.6 Å². The predicted molar refractivity (Wildman–Crippen MR) is 106 cm³/mol. The first kappa shape index (κ1) is 19.2. The van der Waals surface area contributed by atoms with Gasteiger partial charge in [-0.2, -0.15) is 5.26 Å². The Balaban J connectivity index is 0.00000109. The van der Waals surface area contributed by atoms with Gasteiger partial charge in [0.15, 0.2) is 0 Å². The minimum atomic E-state index is 0.225. The maximum absolute atomic E-state index is 8.94. The molecular weight excluding hydrogens is 304 g/mol. The summed E-state index contributed by atoms with van der Waals surface area (Å²) in [6, 6.07) is 21.8. The number of likely N-dealkylation sites (tertiary alicyclic amines) is 1. The fourth-order valence-corrected chi connectivity index (χ4v) is 3.31. The van der Waals surface area contributed by atoms with E-state index < -0.39 is 0 Å². The summed E-state index contributed by atoms with van der Waals surface area (Å²) in [5.41, 5.74) is 4.13. The maximum Gasteiger partial charge on any atom is 0.0627 e. The van der Waals surface area contributed by atoms with Crippen LogP contribution in [0.4, 0.5) is 0 Å². The van der Waals surface area contributed by atoms with Crippen LogP contribution in [0.5, 0.6) is 0 Å². The number of benzene rings is 2. The van der Waals surface area contributed by atoms with Crippen LogP contribution in [0, 0.1) is 16.7 Å². The molecule has 0 amide bonds. The quantitative estimate of drug-likeness (QED) is 0.696. The Morgan fingerprint density at radius 2 is 1.48 bits per heavy atom. The van der Waals surface area contributed by atoms with Crippen molar-refractivity contribution in [3.8, 4) is 17.2 Å². The largest absolute Gasteiger partial charge is 0.299 e. The van der Waals surface area contributed by atoms with Gasteiger partial charge in [0, 0.05) is 13.0 Å². The molecule has 1 fully saturated rings. The van der Waals surface area contributed by atoms with Gasteiger partial charge in [-0.25, -0.2) is 0 Å². The molecule has 0 bridgehead atoms. The molecule has 2 heteroatoms. The van der Waals surface area contributed by atoms with Crippen molar-refractivity contribution < 1.29 is 0 Å². The highest BCUT2D eigenvalue weighted by atomic mass is 15.1. The smallest absolute Gasteiger partial charge is 0.0627 e. The highest BCUT2D eigenvalue weighted by Crippen LogP contribution is 2.34. The topological polar surface area (TPSA) is 27.0 Å². The lowest BCUT2D eigenvalue weighted by atomic mass is 9.78. The van der Waals surface area contributed by atoms with Crippen LogP contribution in [-0.2, 0) is 6.54 Å². The number of piperidine rings is 1. The Morgan fingerprint density at radius 3 is 2.04 bits per heavy atom. The first-order chi connectivity index (χ1) is 12.2. The molecule has 0 unspecified atom stereocenters. The van der Waals surface area contributed by atoms with Crippen LogP contribution in [0.1, 0.15) is 45.6 Å². The molecule has 2 aromatic rings. The van der Waals surface area contributed by atoms with Crippen molar-refractivity contribution in [2.75, 3.05) is 13.1 Å². The van der Waals surface area contributed by atoms with Gasteiger partial charge in [-0.1, -0.05) is 75.4 Å². The van der Waals surface area contributed by atoms with E-state index in [9.17, 15) is 0 Å². The van der Waals surface area contributed by atoms with Gasteiger partial charge in [0.25, 0.3) is 0 Å². The van der Waals surface area contributed by atoms with E-state index in [1.807, 2.05) is 19.9 Å². The lowest BCUT2D eigenvalue weighted by Crippen LogP contribution is -2.38. The summed E-state index contributed by atoms with van der Waals surface area (Å²) in [4.78, 5) is 2.51. The molecule has 2 aromatic carbocycles. The SMILES string of the molecule is CC.CC1(CC#N)CCN(Cc2ccc(-c3ccccc3)cc2)CC1. The van der Waals surface area contributed by atoms with Crippen LogP contribution < -0.4 is 0 Å². The lowest BCUT2D eigenvalue weighted by Gasteiger charge is -2.38. The van der Waals surface area contributed by atoms with Crippen molar-refractivity contribution >= 4 is 0 Å². The molecule has 1 aliphatic rings. The number of nitrogens with zero attached hydrogens (tertiary/aromatic N) is 2. The van der Waals surface area contributed by atoms with E-state index in [0.717, 1.165) is 32.5 Å². The van der Waals surface area contributed by atoms with Gasteiger partial charge in [-0.3, -0.25) is 4.90 Å². The molecule has 1 saturated heterocycles. The highest BCUT2D eigenvalue weighted by Gasteiger charge is 2.29. The third-order valence-corrected chi connectivity index (χ3v) is 5.04. The molecule has 1 aliphatic heterocycles. The Morgan fingerprint density at radius 1 is 0.920 bits per heavy atom. The number of nitriles is 1. The first-order valence-electron chi connectivity index (χ1n) is 9.42. The molecule has 1 heterocycles. The van der Waals surface area contributed by atoms with Gasteiger partial charge in [0.05, 0.1) is 6.07 Å². The van der Waals surface area contributed by atoms with Crippen molar-refractivity contribution in [1.29, 1.82) is 5.26 Å². The van der Waals surface area contributed by atoms with Crippen LogP contribution in [0.25, 0.3) is 11.1 Å². The van der Waals surface area contributed by atoms with Crippen LogP contribution in [0.2, 0.25) is 0 Å². The van der Waals surface area contributed by atoms with Gasteiger partial charge in [0.1, 0.15) is 0 Å². The van der Waals surface area contributed by atoms with Crippen LogP contribution in [-0.4, -0.2) is 18.0 Å². The van der Waals surface area contributed by atoms with Gasteiger partial charge in [0.2, 0.25) is 0 Å². The number of hydrogen-bond donors (Lipinski definition) is 0. The van der Waals surface area contributed by atoms with E-state index in [0.29, 0.717) is 6.42 Å². The van der Waals surface area contributed by atoms with Crippen molar-refractivity contribution in [3.05, 3.63) is 60.2 Å². The predicted octanol–water partition coefficient (Wildman–Crippen LogP) is 5.90. The zero-order valence-electron chi connectivity index (χ0n) is 15.8. The molecule has 25 heavy (non-hydrogen) atoms. The molecule has 0 aromatic heterocycles. The molecule has 3 rings (SSSR count). The van der Waals surface area contributed by atoms with E-state index >= 15 is 0 Å². The minimum absolute atomic E-state index is 0.225. The molecule has 0 N–H and O–H groups in total. The molecule has 0 aliphatic carbocycles. The van der Waals surface area contributed by atoms with Gasteiger partial charge in [-0.05, 0) is 48.0 Å². The molecule has 0 atom stereocenters. The lowest BCUT2D eigenvalue weighted by molar-refractivity contribution is 0.116. The van der Waals surface area contributed by atoms with Crippen molar-refractivity contribution in [2.24, 2.45) is 5.41 Å². The summed E-state index contributed by atoms with van der Waals surface area (Å²) in [6.45, 7) is 9.46. The van der Waals surface area contributed by atoms with Crippen molar-refractivity contribution in [1.82, 2.24) is 4.90 Å². The first-order valence-corrected chi connectivity index (χ1v) is 9.42. The van der Waals surface area contributed by atoms with E-state index in [-0.39, 0.29) is 5.41 Å². The summed E-state index contributed by atoms with van der Waals surface area (Å²) in [7, 11) is 0. The number of rotatable bonds is 4. The summed E-state index contributed by atoms with van der Waals surface area (Å²) < 4.78 is 0. The number of hydrogen-bond acceptors (Lipinski definition) is 2. The van der Waals surface area contributed by atoms with E-state index in [4.69, 9.17) is 5.26 Å². The summed E-state index contributed by atoms with van der Waals surface area (Å²) in [6.07, 6.45) is 2.94. The van der Waals surface area contributed by atoms with Crippen molar-refractivity contribution in [2.45, 2.75) is 46.6 Å². The van der Waals surface area contributed by atoms with E-state index in [2.05, 4.69) is 66.4 Å². The second-order valence-electron chi connectivity index (χ2n) is 6.98. The fourth-order valence-electron chi connectivity index (χ4n) is 3.31. The Labute approximate surface area is 153 Å². The maximum atomic E-state index is 8.94. The standard InChI is InChI=1S/C21H24N2.C2H6/c1-21(11-14-22)12-15-23(16-13-21)17-18-7-9-20(10-8-18)19-5-3-2-4-6-19;1-2/h2-10H,11-13,15-17H2,1H3;1-2H3. The average Bonchev–Trinajstić information content (AvgIpc) is 2.67. The molecule has 0 saturated carbocycles. The summed E-state index contributed by atoms with van der Waals surface area (Å²) >= 11 is 0. The third kappa shape index (κ3) is 5.44. The normalized spacial score (nSPS) is 16.4.